The zero-order chi connectivity index (χ0) is 16.7. The quantitative estimate of drug-likeness (QED) is 0.834. The average molecular weight is 306 g/mol. The van der Waals surface area contributed by atoms with E-state index in [4.69, 9.17) is 0 Å². The minimum absolute atomic E-state index is 0.0907. The minimum Gasteiger partial charge on any atom is -0.480 e. The van der Waals surface area contributed by atoms with Crippen LogP contribution < -0.4 is 0 Å². The van der Waals surface area contributed by atoms with Gasteiger partial charge in [-0.25, -0.2) is 4.79 Å². The van der Waals surface area contributed by atoms with Crippen LogP contribution in [0.25, 0.3) is 0 Å². The van der Waals surface area contributed by atoms with Crippen molar-refractivity contribution < 1.29 is 19.5 Å². The molecule has 0 spiro atoms. The smallest absolute Gasteiger partial charge is 0.329 e. The van der Waals surface area contributed by atoms with E-state index in [9.17, 15) is 19.5 Å². The van der Waals surface area contributed by atoms with Gasteiger partial charge in [-0.15, -0.1) is 0 Å². The first kappa shape index (κ1) is 16.3. The predicted molar refractivity (Wildman–Crippen MR) is 81.2 cm³/mol. The number of rotatable bonds is 4. The first-order valence-corrected chi connectivity index (χ1v) is 7.51. The molecule has 0 aliphatic carbocycles. The summed E-state index contributed by atoms with van der Waals surface area (Å²) < 4.78 is 0. The molecule has 1 amide bonds. The van der Waals surface area contributed by atoms with Crippen LogP contribution in [0.3, 0.4) is 0 Å². The lowest BCUT2D eigenvalue weighted by atomic mass is 9.98. The molecule has 1 aromatic rings. The molecule has 2 heterocycles. The van der Waals surface area contributed by atoms with Crippen molar-refractivity contribution in [1.29, 1.82) is 0 Å². The van der Waals surface area contributed by atoms with E-state index in [1.54, 1.807) is 13.8 Å². The van der Waals surface area contributed by atoms with Gasteiger partial charge in [0.25, 0.3) is 5.91 Å². The molecule has 1 aliphatic heterocycles. The lowest BCUT2D eigenvalue weighted by Crippen LogP contribution is -2.51. The molecule has 0 bridgehead atoms. The average Bonchev–Trinajstić information content (AvgIpc) is 2.99. The van der Waals surface area contributed by atoms with E-state index in [-0.39, 0.29) is 11.7 Å². The Morgan fingerprint density at radius 3 is 2.50 bits per heavy atom. The van der Waals surface area contributed by atoms with Crippen LogP contribution in [-0.4, -0.2) is 44.7 Å². The molecular formula is C16H22N2O4. The number of carboxylic acids is 1. The normalized spacial score (nSPS) is 21.2. The molecule has 1 fully saturated rings. The summed E-state index contributed by atoms with van der Waals surface area (Å²) in [6.45, 7) is 7.10. The zero-order valence-corrected chi connectivity index (χ0v) is 13.4. The summed E-state index contributed by atoms with van der Waals surface area (Å²) in [4.78, 5) is 40.6. The molecule has 120 valence electrons. The number of hydrogen-bond donors (Lipinski definition) is 2. The van der Waals surface area contributed by atoms with Gasteiger partial charge in [0.15, 0.2) is 5.78 Å². The van der Waals surface area contributed by atoms with Gasteiger partial charge in [0.05, 0.1) is 0 Å². The number of aromatic amines is 1. The number of hydrogen-bond acceptors (Lipinski definition) is 3. The number of nitrogens with one attached hydrogen (secondary N) is 1. The van der Waals surface area contributed by atoms with E-state index in [1.807, 2.05) is 6.92 Å². The maximum absolute atomic E-state index is 12.9. The lowest BCUT2D eigenvalue weighted by Gasteiger charge is -2.31. The third-order valence-electron chi connectivity index (χ3n) is 4.56. The molecular weight excluding hydrogens is 284 g/mol. The van der Waals surface area contributed by atoms with Gasteiger partial charge >= 0.3 is 5.97 Å². The molecule has 0 radical (unpaired) electrons. The third kappa shape index (κ3) is 2.32. The first-order chi connectivity index (χ1) is 10.2. The van der Waals surface area contributed by atoms with Gasteiger partial charge in [-0.05, 0) is 45.6 Å². The number of aliphatic carboxylic acids is 1. The minimum atomic E-state index is -1.18. The Labute approximate surface area is 129 Å². The topological polar surface area (TPSA) is 90.5 Å². The predicted octanol–water partition coefficient (Wildman–Crippen LogP) is 2.17. The molecule has 1 unspecified atom stereocenters. The first-order valence-electron chi connectivity index (χ1n) is 7.51. The van der Waals surface area contributed by atoms with E-state index >= 15 is 0 Å². The second-order valence-electron chi connectivity index (χ2n) is 6.03. The standard InChI is InChI=1S/C16H22N2O4/c1-5-11-12(10(3)19)9(2)17-13(11)14(20)18-8-6-7-16(18,4)15(21)22/h17H,5-8H2,1-4H3,(H,21,22). The maximum atomic E-state index is 12.9. The van der Waals surface area contributed by atoms with Gasteiger partial charge in [0.1, 0.15) is 11.2 Å². The molecule has 2 rings (SSSR count). The van der Waals surface area contributed by atoms with Gasteiger partial charge in [0, 0.05) is 17.8 Å². The molecule has 6 heteroatoms. The van der Waals surface area contributed by atoms with Crippen LogP contribution in [0, 0.1) is 6.92 Å². The maximum Gasteiger partial charge on any atom is 0.329 e. The number of aryl methyl sites for hydroxylation is 1. The number of carbonyl (C=O) groups is 3. The summed E-state index contributed by atoms with van der Waals surface area (Å²) in [5.41, 5.74) is 1.04. The van der Waals surface area contributed by atoms with Crippen LogP contribution in [0.1, 0.15) is 65.7 Å². The van der Waals surface area contributed by atoms with Crippen LogP contribution in [0.15, 0.2) is 0 Å². The van der Waals surface area contributed by atoms with Crippen molar-refractivity contribution in [3.63, 3.8) is 0 Å². The molecule has 0 aromatic carbocycles. The monoisotopic (exact) mass is 306 g/mol. The van der Waals surface area contributed by atoms with Crippen molar-refractivity contribution in [3.05, 3.63) is 22.5 Å². The second kappa shape index (κ2) is 5.59. The molecule has 1 aliphatic rings. The Morgan fingerprint density at radius 2 is 2.00 bits per heavy atom. The number of amides is 1. The SMILES string of the molecule is CCc1c(C(=O)N2CCCC2(C)C(=O)O)[nH]c(C)c1C(C)=O. The highest BCUT2D eigenvalue weighted by Gasteiger charge is 2.46. The van der Waals surface area contributed by atoms with Crippen molar-refractivity contribution in [3.8, 4) is 0 Å². The van der Waals surface area contributed by atoms with Crippen LogP contribution >= 0.6 is 0 Å². The molecule has 6 nitrogen and oxygen atoms in total. The Balaban J connectivity index is 2.49. The Hall–Kier alpha value is -2.11. The fourth-order valence-electron chi connectivity index (χ4n) is 3.34. The number of nitrogens with zero attached hydrogens (tertiary/aromatic N) is 1. The van der Waals surface area contributed by atoms with Crippen LogP contribution in [-0.2, 0) is 11.2 Å². The van der Waals surface area contributed by atoms with E-state index in [0.717, 1.165) is 0 Å². The van der Waals surface area contributed by atoms with Crippen molar-refractivity contribution in [2.75, 3.05) is 6.54 Å². The highest BCUT2D eigenvalue weighted by atomic mass is 16.4. The second-order valence-corrected chi connectivity index (χ2v) is 6.03. The fraction of sp³-hybridized carbons (Fsp3) is 0.562. The number of aromatic nitrogens is 1. The Bertz CT molecular complexity index is 647. The molecule has 0 saturated carbocycles. The molecule has 22 heavy (non-hydrogen) atoms. The molecule has 2 N–H and O–H groups in total. The number of Topliss-reactive ketones (excluding diaryl/α,β-unsaturated/α-hetero) is 1. The molecule has 1 saturated heterocycles. The lowest BCUT2D eigenvalue weighted by molar-refractivity contribution is -0.147. The fourth-order valence-corrected chi connectivity index (χ4v) is 3.34. The van der Waals surface area contributed by atoms with Gasteiger partial charge in [-0.2, -0.15) is 0 Å². The highest BCUT2D eigenvalue weighted by molar-refractivity contribution is 6.04. The van der Waals surface area contributed by atoms with E-state index in [1.165, 1.54) is 11.8 Å². The van der Waals surface area contributed by atoms with Gasteiger partial charge < -0.3 is 15.0 Å². The number of H-pyrrole nitrogens is 1. The van der Waals surface area contributed by atoms with Crippen molar-refractivity contribution in [2.24, 2.45) is 0 Å². The Kier molecular flexibility index (Phi) is 4.13. The van der Waals surface area contributed by atoms with Crippen LogP contribution in [0.5, 0.6) is 0 Å². The van der Waals surface area contributed by atoms with Gasteiger partial charge in [-0.3, -0.25) is 9.59 Å². The van der Waals surface area contributed by atoms with Crippen molar-refractivity contribution in [1.82, 2.24) is 9.88 Å². The third-order valence-corrected chi connectivity index (χ3v) is 4.56. The van der Waals surface area contributed by atoms with Crippen molar-refractivity contribution >= 4 is 17.7 Å². The summed E-state index contributed by atoms with van der Waals surface area (Å²) in [6, 6.07) is 0. The summed E-state index contributed by atoms with van der Waals surface area (Å²) in [5.74, 6) is -1.42. The zero-order valence-electron chi connectivity index (χ0n) is 13.4. The molecule has 1 aromatic heterocycles. The molecule has 1 atom stereocenters. The summed E-state index contributed by atoms with van der Waals surface area (Å²) >= 11 is 0. The largest absolute Gasteiger partial charge is 0.480 e. The highest BCUT2D eigenvalue weighted by Crippen LogP contribution is 2.32. The van der Waals surface area contributed by atoms with Gasteiger partial charge in [-0.1, -0.05) is 6.92 Å². The number of carboxylic acid groups (broad SMARTS) is 1. The van der Waals surface area contributed by atoms with Crippen molar-refractivity contribution in [2.45, 2.75) is 52.5 Å². The number of likely N-dealkylation sites (tertiary alicyclic amines) is 1. The Morgan fingerprint density at radius 1 is 1.36 bits per heavy atom. The van der Waals surface area contributed by atoms with E-state index in [0.29, 0.717) is 48.3 Å². The number of carbonyl (C=O) groups excluding carboxylic acids is 2. The van der Waals surface area contributed by atoms with E-state index < -0.39 is 11.5 Å². The van der Waals surface area contributed by atoms with E-state index in [2.05, 4.69) is 4.98 Å². The number of ketones is 1. The van der Waals surface area contributed by atoms with Crippen LogP contribution in [0.2, 0.25) is 0 Å². The van der Waals surface area contributed by atoms with Crippen LogP contribution in [0.4, 0.5) is 0 Å². The summed E-state index contributed by atoms with van der Waals surface area (Å²) in [7, 11) is 0. The van der Waals surface area contributed by atoms with Gasteiger partial charge in [0.2, 0.25) is 0 Å². The summed E-state index contributed by atoms with van der Waals surface area (Å²) in [6.07, 6.45) is 1.64. The summed E-state index contributed by atoms with van der Waals surface area (Å²) in [5, 5.41) is 9.46.